The summed E-state index contributed by atoms with van der Waals surface area (Å²) in [7, 11) is 0. The SMILES string of the molecule is [2H]C1CC(Nc2ncc3nc(Nc4c(F)cc(F)cc4F)n(C4CCOC4)c3n2)C([2H])([2H])C([2H])C1O. The Morgan fingerprint density at radius 3 is 2.72 bits per heavy atom. The van der Waals surface area contributed by atoms with Gasteiger partial charge in [0.15, 0.2) is 17.3 Å². The Morgan fingerprint density at radius 2 is 1.97 bits per heavy atom. The van der Waals surface area contributed by atoms with Crippen LogP contribution >= 0.6 is 0 Å². The summed E-state index contributed by atoms with van der Waals surface area (Å²) < 4.78 is 81.6. The third kappa shape index (κ3) is 4.09. The zero-order valence-corrected chi connectivity index (χ0v) is 16.7. The highest BCUT2D eigenvalue weighted by Gasteiger charge is 2.27. The van der Waals surface area contributed by atoms with E-state index in [9.17, 15) is 18.3 Å². The van der Waals surface area contributed by atoms with Crippen molar-refractivity contribution in [3.8, 4) is 0 Å². The van der Waals surface area contributed by atoms with Crippen LogP contribution in [0.3, 0.4) is 0 Å². The number of anilines is 3. The van der Waals surface area contributed by atoms with Crippen molar-refractivity contribution in [1.82, 2.24) is 19.5 Å². The van der Waals surface area contributed by atoms with Crippen molar-refractivity contribution in [2.45, 2.75) is 50.2 Å². The molecular formula is C21H23F3N6O2. The summed E-state index contributed by atoms with van der Waals surface area (Å²) in [6.45, 7) is 0.727. The predicted molar refractivity (Wildman–Crippen MR) is 111 cm³/mol. The van der Waals surface area contributed by atoms with Gasteiger partial charge in [0, 0.05) is 30.3 Å². The van der Waals surface area contributed by atoms with E-state index in [4.69, 9.17) is 10.2 Å². The summed E-state index contributed by atoms with van der Waals surface area (Å²) >= 11 is 0. The number of hydrogen-bond acceptors (Lipinski definition) is 7. The van der Waals surface area contributed by atoms with Crippen molar-refractivity contribution in [3.63, 3.8) is 0 Å². The van der Waals surface area contributed by atoms with Gasteiger partial charge in [-0.05, 0) is 32.0 Å². The quantitative estimate of drug-likeness (QED) is 0.544. The molecule has 0 spiro atoms. The Bertz CT molecular complexity index is 1270. The number of nitrogens with one attached hydrogen (secondary N) is 2. The number of benzene rings is 1. The zero-order chi connectivity index (χ0) is 25.8. The van der Waals surface area contributed by atoms with E-state index < -0.39 is 54.5 Å². The summed E-state index contributed by atoms with van der Waals surface area (Å²) in [5.74, 6) is -3.31. The second kappa shape index (κ2) is 8.55. The highest BCUT2D eigenvalue weighted by atomic mass is 19.1. The fourth-order valence-corrected chi connectivity index (χ4v) is 3.78. The number of fused-ring (bicyclic) bond motifs is 1. The second-order valence-electron chi connectivity index (χ2n) is 7.59. The highest BCUT2D eigenvalue weighted by Crippen LogP contribution is 2.32. The Labute approximate surface area is 187 Å². The largest absolute Gasteiger partial charge is 0.393 e. The number of ether oxygens (including phenoxy) is 1. The van der Waals surface area contributed by atoms with Gasteiger partial charge in [-0.15, -0.1) is 0 Å². The van der Waals surface area contributed by atoms with Crippen LogP contribution in [0.15, 0.2) is 18.3 Å². The molecule has 1 aliphatic heterocycles. The zero-order valence-electron chi connectivity index (χ0n) is 20.7. The molecule has 8 nitrogen and oxygen atoms in total. The summed E-state index contributed by atoms with van der Waals surface area (Å²) in [4.78, 5) is 13.0. The lowest BCUT2D eigenvalue weighted by atomic mass is 9.93. The van der Waals surface area contributed by atoms with Crippen LogP contribution in [0.5, 0.6) is 0 Å². The van der Waals surface area contributed by atoms with E-state index >= 15 is 0 Å². The molecule has 0 bridgehead atoms. The number of aliphatic hydroxyl groups excluding tert-OH is 1. The van der Waals surface area contributed by atoms with E-state index in [1.54, 1.807) is 4.57 Å². The van der Waals surface area contributed by atoms with Crippen molar-refractivity contribution in [3.05, 3.63) is 35.8 Å². The van der Waals surface area contributed by atoms with E-state index in [1.165, 1.54) is 6.20 Å². The van der Waals surface area contributed by atoms with Crippen LogP contribution in [-0.4, -0.2) is 50.0 Å². The van der Waals surface area contributed by atoms with Gasteiger partial charge in [-0.25, -0.2) is 23.1 Å². The first-order valence-corrected chi connectivity index (χ1v) is 10.1. The molecule has 1 aliphatic carbocycles. The molecule has 5 rings (SSSR count). The second-order valence-corrected chi connectivity index (χ2v) is 7.59. The molecule has 2 aromatic heterocycles. The molecule has 5 unspecified atom stereocenters. The maximum Gasteiger partial charge on any atom is 0.224 e. The number of aromatic nitrogens is 4. The maximum atomic E-state index is 14.3. The average molecular weight is 452 g/mol. The van der Waals surface area contributed by atoms with Crippen LogP contribution < -0.4 is 10.6 Å². The lowest BCUT2D eigenvalue weighted by Gasteiger charge is -2.26. The Morgan fingerprint density at radius 1 is 1.16 bits per heavy atom. The maximum absolute atomic E-state index is 14.3. The summed E-state index contributed by atoms with van der Waals surface area (Å²) in [5, 5.41) is 15.4. The fourth-order valence-electron chi connectivity index (χ4n) is 3.78. The van der Waals surface area contributed by atoms with Crippen LogP contribution in [0.2, 0.25) is 0 Å². The number of aliphatic hydroxyl groups is 1. The van der Waals surface area contributed by atoms with Gasteiger partial charge in [0.2, 0.25) is 11.9 Å². The number of rotatable bonds is 5. The molecule has 3 aromatic rings. The monoisotopic (exact) mass is 452 g/mol. The normalized spacial score (nSPS) is 31.6. The van der Waals surface area contributed by atoms with Crippen molar-refractivity contribution >= 4 is 28.7 Å². The van der Waals surface area contributed by atoms with Crippen LogP contribution in [-0.2, 0) is 4.74 Å². The molecule has 0 amide bonds. The topological polar surface area (TPSA) is 97.1 Å². The van der Waals surface area contributed by atoms with Crippen molar-refractivity contribution in [2.75, 3.05) is 23.8 Å². The Kier molecular flexibility index (Phi) is 4.45. The number of hydrogen-bond donors (Lipinski definition) is 3. The fraction of sp³-hybridized carbons (Fsp3) is 0.476. The van der Waals surface area contributed by atoms with Gasteiger partial charge < -0.3 is 20.5 Å². The summed E-state index contributed by atoms with van der Waals surface area (Å²) in [6, 6.07) is -0.215. The molecule has 32 heavy (non-hydrogen) atoms. The van der Waals surface area contributed by atoms with E-state index in [-0.39, 0.29) is 42.1 Å². The summed E-state index contributed by atoms with van der Waals surface area (Å²) in [5.41, 5.74) is -0.0403. The molecule has 3 heterocycles. The first-order valence-electron chi connectivity index (χ1n) is 12.2. The standard InChI is InChI=1S/C21H23F3N6O2/c22-11-7-15(23)18(16(24)8-11)28-21-27-17-9-25-20(26-12-1-3-14(31)4-2-12)29-19(17)30(21)13-5-6-32-10-13/h7-9,12-14,31H,1-6,10H2,(H,27,28)(H,25,26,29)/i1D2,3D,4D. The number of imidazole rings is 1. The van der Waals surface area contributed by atoms with Crippen LogP contribution in [0.1, 0.15) is 43.5 Å². The van der Waals surface area contributed by atoms with Crippen LogP contribution in [0.4, 0.5) is 30.8 Å². The molecule has 2 fully saturated rings. The molecule has 1 saturated carbocycles. The minimum Gasteiger partial charge on any atom is -0.393 e. The number of nitrogens with zero attached hydrogens (tertiary/aromatic N) is 4. The van der Waals surface area contributed by atoms with Gasteiger partial charge in [-0.3, -0.25) is 4.57 Å². The molecule has 170 valence electrons. The average Bonchev–Trinajstić information content (AvgIpc) is 3.46. The molecule has 2 aliphatic rings. The third-order valence-corrected chi connectivity index (χ3v) is 5.33. The van der Waals surface area contributed by atoms with Crippen molar-refractivity contribution < 1.29 is 28.5 Å². The third-order valence-electron chi connectivity index (χ3n) is 5.33. The molecule has 11 heteroatoms. The molecule has 3 N–H and O–H groups in total. The predicted octanol–water partition coefficient (Wildman–Crippen LogP) is 3.66. The van der Waals surface area contributed by atoms with E-state index in [0.717, 1.165) is 0 Å². The van der Waals surface area contributed by atoms with Gasteiger partial charge >= 0.3 is 0 Å². The Hall–Kier alpha value is -2.92. The summed E-state index contributed by atoms with van der Waals surface area (Å²) in [6.07, 6.45) is -4.35. The van der Waals surface area contributed by atoms with Gasteiger partial charge in [0.25, 0.3) is 0 Å². The number of halogens is 3. The van der Waals surface area contributed by atoms with E-state index in [0.29, 0.717) is 25.2 Å². The van der Waals surface area contributed by atoms with Crippen LogP contribution in [0.25, 0.3) is 11.2 Å². The molecule has 0 radical (unpaired) electrons. The molecular weight excluding hydrogens is 425 g/mol. The first kappa shape index (κ1) is 16.7. The first-order chi connectivity index (χ1) is 17.1. The minimum absolute atomic E-state index is 0.00192. The highest BCUT2D eigenvalue weighted by molar-refractivity contribution is 5.76. The molecule has 1 saturated heterocycles. The minimum atomic E-state index is -2.17. The lowest BCUT2D eigenvalue weighted by molar-refractivity contribution is 0.126. The van der Waals surface area contributed by atoms with E-state index in [1.807, 2.05) is 0 Å². The van der Waals surface area contributed by atoms with E-state index in [2.05, 4.69) is 25.6 Å². The van der Waals surface area contributed by atoms with Gasteiger partial charge in [-0.2, -0.15) is 4.98 Å². The van der Waals surface area contributed by atoms with Crippen molar-refractivity contribution in [2.24, 2.45) is 0 Å². The molecule has 5 atom stereocenters. The van der Waals surface area contributed by atoms with Crippen LogP contribution in [0, 0.1) is 17.5 Å². The lowest BCUT2D eigenvalue weighted by Crippen LogP contribution is -2.29. The van der Waals surface area contributed by atoms with Gasteiger partial charge in [-0.1, -0.05) is 0 Å². The van der Waals surface area contributed by atoms with Crippen molar-refractivity contribution in [1.29, 1.82) is 0 Å². The Balaban J connectivity index is 1.53. The van der Waals surface area contributed by atoms with Gasteiger partial charge in [0.05, 0.1) is 24.9 Å². The smallest absolute Gasteiger partial charge is 0.224 e. The molecule has 1 aromatic carbocycles. The van der Waals surface area contributed by atoms with Gasteiger partial charge in [0.1, 0.15) is 17.0 Å².